The van der Waals surface area contributed by atoms with Gasteiger partial charge >= 0.3 is 6.18 Å². The Kier molecular flexibility index (Phi) is 5.01. The van der Waals surface area contributed by atoms with Crippen LogP contribution in [0.25, 0.3) is 0 Å². The van der Waals surface area contributed by atoms with Gasteiger partial charge in [-0.1, -0.05) is 6.07 Å². The molecule has 3 rings (SSSR count). The molecular formula is C18H16F3N5. The topological polar surface area (TPSA) is 62.7 Å². The van der Waals surface area contributed by atoms with E-state index in [1.807, 2.05) is 12.1 Å². The summed E-state index contributed by atoms with van der Waals surface area (Å²) in [6, 6.07) is 10.3. The maximum atomic E-state index is 12.6. The number of nitrogens with zero attached hydrogens (tertiary/aromatic N) is 3. The molecule has 0 saturated carbocycles. The summed E-state index contributed by atoms with van der Waals surface area (Å²) < 4.78 is 37.9. The summed E-state index contributed by atoms with van der Waals surface area (Å²) in [5.41, 5.74) is 0.816. The summed E-state index contributed by atoms with van der Waals surface area (Å²) in [5, 5.41) is 6.17. The Morgan fingerprint density at radius 2 is 1.73 bits per heavy atom. The lowest BCUT2D eigenvalue weighted by Crippen LogP contribution is -2.06. The first kappa shape index (κ1) is 17.7. The van der Waals surface area contributed by atoms with Gasteiger partial charge in [-0.05, 0) is 42.8 Å². The Morgan fingerprint density at radius 1 is 1.00 bits per heavy atom. The van der Waals surface area contributed by atoms with E-state index in [9.17, 15) is 13.2 Å². The third-order valence-corrected chi connectivity index (χ3v) is 3.52. The van der Waals surface area contributed by atoms with Crippen LogP contribution >= 0.6 is 0 Å². The molecule has 1 aromatic carbocycles. The molecule has 2 heterocycles. The van der Waals surface area contributed by atoms with E-state index in [1.165, 1.54) is 12.1 Å². The van der Waals surface area contributed by atoms with E-state index in [4.69, 9.17) is 0 Å². The van der Waals surface area contributed by atoms with Gasteiger partial charge in [0.1, 0.15) is 17.5 Å². The summed E-state index contributed by atoms with van der Waals surface area (Å²) in [6.07, 6.45) is -0.903. The minimum Gasteiger partial charge on any atom is -0.366 e. The van der Waals surface area contributed by atoms with Crippen LogP contribution in [-0.2, 0) is 12.7 Å². The van der Waals surface area contributed by atoms with Crippen molar-refractivity contribution in [3.05, 3.63) is 71.8 Å². The second-order valence-electron chi connectivity index (χ2n) is 5.60. The lowest BCUT2D eigenvalue weighted by atomic mass is 10.2. The highest BCUT2D eigenvalue weighted by molar-refractivity contribution is 5.59. The monoisotopic (exact) mass is 359 g/mol. The zero-order chi connectivity index (χ0) is 18.6. The number of anilines is 3. The molecule has 0 aliphatic rings. The molecule has 2 N–H and O–H groups in total. The van der Waals surface area contributed by atoms with Crippen LogP contribution in [0.4, 0.5) is 30.5 Å². The van der Waals surface area contributed by atoms with Gasteiger partial charge in [0.25, 0.3) is 0 Å². The first-order valence-corrected chi connectivity index (χ1v) is 7.83. The van der Waals surface area contributed by atoms with Gasteiger partial charge in [0.2, 0.25) is 0 Å². The highest BCUT2D eigenvalue weighted by Crippen LogP contribution is 2.30. The predicted octanol–water partition coefficient (Wildman–Crippen LogP) is 4.55. The number of aryl methyl sites for hydroxylation is 1. The Balaban J connectivity index is 1.71. The molecule has 8 heteroatoms. The number of halogens is 3. The van der Waals surface area contributed by atoms with Gasteiger partial charge in [-0.15, -0.1) is 0 Å². The minimum absolute atomic E-state index is 0.492. The second kappa shape index (κ2) is 7.38. The molecule has 3 aromatic rings. The van der Waals surface area contributed by atoms with Gasteiger partial charge in [0.05, 0.1) is 5.56 Å². The smallest absolute Gasteiger partial charge is 0.366 e. The molecule has 0 radical (unpaired) electrons. The van der Waals surface area contributed by atoms with Gasteiger partial charge < -0.3 is 10.6 Å². The van der Waals surface area contributed by atoms with Crippen LogP contribution in [0.5, 0.6) is 0 Å². The standard InChI is InChI=1S/C18H16F3N5/c1-12-24-16(23-11-13-3-2-8-22-10-13)9-17(25-12)26-15-6-4-14(5-7-15)18(19,20)21/h2-10H,11H2,1H3,(H2,23,24,25,26). The van der Waals surface area contributed by atoms with Crippen molar-refractivity contribution in [2.45, 2.75) is 19.6 Å². The summed E-state index contributed by atoms with van der Waals surface area (Å²) in [4.78, 5) is 12.6. The molecule has 0 aliphatic heterocycles. The van der Waals surface area contributed by atoms with Crippen LogP contribution < -0.4 is 10.6 Å². The number of alkyl halides is 3. The molecule has 0 unspecified atom stereocenters. The van der Waals surface area contributed by atoms with Crippen molar-refractivity contribution in [3.63, 3.8) is 0 Å². The SMILES string of the molecule is Cc1nc(NCc2cccnc2)cc(Nc2ccc(C(F)(F)F)cc2)n1. The van der Waals surface area contributed by atoms with Crippen molar-refractivity contribution < 1.29 is 13.2 Å². The van der Waals surface area contributed by atoms with E-state index < -0.39 is 11.7 Å². The van der Waals surface area contributed by atoms with Crippen molar-refractivity contribution in [1.82, 2.24) is 15.0 Å². The number of aromatic nitrogens is 3. The van der Waals surface area contributed by atoms with Crippen LogP contribution in [0.15, 0.2) is 54.9 Å². The number of hydrogen-bond acceptors (Lipinski definition) is 5. The van der Waals surface area contributed by atoms with Crippen LogP contribution in [0.1, 0.15) is 17.0 Å². The Hall–Kier alpha value is -3.16. The van der Waals surface area contributed by atoms with Gasteiger partial charge in [0, 0.05) is 30.7 Å². The van der Waals surface area contributed by atoms with Crippen LogP contribution in [0.3, 0.4) is 0 Å². The summed E-state index contributed by atoms with van der Waals surface area (Å²) in [6.45, 7) is 2.29. The number of benzene rings is 1. The fourth-order valence-electron chi connectivity index (χ4n) is 2.31. The van der Waals surface area contributed by atoms with E-state index in [0.29, 0.717) is 29.7 Å². The number of hydrogen-bond donors (Lipinski definition) is 2. The van der Waals surface area contributed by atoms with Gasteiger partial charge in [-0.25, -0.2) is 9.97 Å². The lowest BCUT2D eigenvalue weighted by molar-refractivity contribution is -0.137. The number of pyridine rings is 1. The third kappa shape index (κ3) is 4.69. The maximum absolute atomic E-state index is 12.6. The molecule has 134 valence electrons. The van der Waals surface area contributed by atoms with E-state index >= 15 is 0 Å². The molecule has 0 amide bonds. The Labute approximate surface area is 148 Å². The molecule has 0 aliphatic carbocycles. The average Bonchev–Trinajstić information content (AvgIpc) is 2.60. The lowest BCUT2D eigenvalue weighted by Gasteiger charge is -2.11. The molecular weight excluding hydrogens is 343 g/mol. The zero-order valence-electron chi connectivity index (χ0n) is 13.9. The quantitative estimate of drug-likeness (QED) is 0.699. The normalized spacial score (nSPS) is 11.2. The second-order valence-corrected chi connectivity index (χ2v) is 5.60. The summed E-state index contributed by atoms with van der Waals surface area (Å²) in [7, 11) is 0. The molecule has 0 atom stereocenters. The molecule has 0 bridgehead atoms. The van der Waals surface area contributed by atoms with E-state index in [1.54, 1.807) is 25.4 Å². The molecule has 26 heavy (non-hydrogen) atoms. The van der Waals surface area contributed by atoms with Crippen molar-refractivity contribution in [1.29, 1.82) is 0 Å². The van der Waals surface area contributed by atoms with Crippen molar-refractivity contribution >= 4 is 17.3 Å². The minimum atomic E-state index is -4.35. The van der Waals surface area contributed by atoms with Crippen LogP contribution in [0.2, 0.25) is 0 Å². The van der Waals surface area contributed by atoms with Gasteiger partial charge in [-0.3, -0.25) is 4.98 Å². The fourth-order valence-corrected chi connectivity index (χ4v) is 2.31. The Morgan fingerprint density at radius 3 is 2.38 bits per heavy atom. The van der Waals surface area contributed by atoms with Gasteiger partial charge in [0.15, 0.2) is 0 Å². The zero-order valence-corrected chi connectivity index (χ0v) is 13.9. The first-order valence-electron chi connectivity index (χ1n) is 7.83. The molecule has 2 aromatic heterocycles. The van der Waals surface area contributed by atoms with Crippen LogP contribution in [-0.4, -0.2) is 15.0 Å². The van der Waals surface area contributed by atoms with Gasteiger partial charge in [-0.2, -0.15) is 13.2 Å². The fraction of sp³-hybridized carbons (Fsp3) is 0.167. The molecule has 0 spiro atoms. The average molecular weight is 359 g/mol. The summed E-state index contributed by atoms with van der Waals surface area (Å²) >= 11 is 0. The predicted molar refractivity (Wildman–Crippen MR) is 93.1 cm³/mol. The van der Waals surface area contributed by atoms with Crippen molar-refractivity contribution in [3.8, 4) is 0 Å². The highest BCUT2D eigenvalue weighted by Gasteiger charge is 2.29. The highest BCUT2D eigenvalue weighted by atomic mass is 19.4. The first-order chi connectivity index (χ1) is 12.4. The number of nitrogens with one attached hydrogen (secondary N) is 2. The summed E-state index contributed by atoms with van der Waals surface area (Å²) in [5.74, 6) is 1.64. The van der Waals surface area contributed by atoms with E-state index in [0.717, 1.165) is 17.7 Å². The number of rotatable bonds is 5. The van der Waals surface area contributed by atoms with Crippen molar-refractivity contribution in [2.24, 2.45) is 0 Å². The Bertz CT molecular complexity index is 864. The third-order valence-electron chi connectivity index (χ3n) is 3.52. The van der Waals surface area contributed by atoms with Crippen LogP contribution in [0, 0.1) is 6.92 Å². The maximum Gasteiger partial charge on any atom is 0.416 e. The van der Waals surface area contributed by atoms with Crippen molar-refractivity contribution in [2.75, 3.05) is 10.6 Å². The largest absolute Gasteiger partial charge is 0.416 e. The van der Waals surface area contributed by atoms with E-state index in [-0.39, 0.29) is 0 Å². The molecule has 5 nitrogen and oxygen atoms in total. The molecule has 0 fully saturated rings. The van der Waals surface area contributed by atoms with E-state index in [2.05, 4.69) is 25.6 Å². The molecule has 0 saturated heterocycles.